The fraction of sp³-hybridized carbons (Fsp3) is 0.481. The summed E-state index contributed by atoms with van der Waals surface area (Å²) < 4.78 is 37.8. The second-order valence-electron chi connectivity index (χ2n) is 9.35. The fourth-order valence-corrected chi connectivity index (χ4v) is 5.01. The Morgan fingerprint density at radius 3 is 2.35 bits per heavy atom. The van der Waals surface area contributed by atoms with Crippen LogP contribution in [0.3, 0.4) is 0 Å². The topological polar surface area (TPSA) is 105 Å². The average molecular weight is 532 g/mol. The molecule has 2 unspecified atom stereocenters. The van der Waals surface area contributed by atoms with Gasteiger partial charge in [0.1, 0.15) is 25.8 Å². The number of fused-ring (bicyclic) bond motifs is 1. The number of hydrogen-bond acceptors (Lipinski definition) is 6. The number of carbonyl (C=O) groups excluding carboxylic acids is 2. The zero-order chi connectivity index (χ0) is 27.2. The number of nitrogens with zero attached hydrogens (tertiary/aromatic N) is 2. The molecular weight excluding hydrogens is 494 g/mol. The van der Waals surface area contributed by atoms with Crippen LogP contribution >= 0.6 is 0 Å². The van der Waals surface area contributed by atoms with Gasteiger partial charge in [-0.1, -0.05) is 43.7 Å². The van der Waals surface area contributed by atoms with Gasteiger partial charge in [0.25, 0.3) is 0 Å². The average Bonchev–Trinajstić information content (AvgIpc) is 2.86. The standard InChI is InChI=1S/C27H37N3O6S/c1-6-20(4)28-27(32)23(7-2)29(17-21-10-8-9-19(3)15-21)26(31)18-30(37(5,33)34)22-11-12-24-25(16-22)36-14-13-35-24/h8-12,15-16,20,23H,6-7,13-14,17-18H2,1-5H3,(H,28,32). The summed E-state index contributed by atoms with van der Waals surface area (Å²) in [5, 5.41) is 2.97. The molecule has 2 aromatic carbocycles. The monoisotopic (exact) mass is 531 g/mol. The summed E-state index contributed by atoms with van der Waals surface area (Å²) in [4.78, 5) is 28.5. The molecule has 0 aromatic heterocycles. The van der Waals surface area contributed by atoms with Crippen LogP contribution in [-0.4, -0.2) is 63.2 Å². The smallest absolute Gasteiger partial charge is 0.244 e. The van der Waals surface area contributed by atoms with Gasteiger partial charge in [0, 0.05) is 18.7 Å². The number of carbonyl (C=O) groups is 2. The van der Waals surface area contributed by atoms with E-state index in [2.05, 4.69) is 5.32 Å². The third-order valence-electron chi connectivity index (χ3n) is 6.32. The number of aryl methyl sites for hydroxylation is 1. The summed E-state index contributed by atoms with van der Waals surface area (Å²) >= 11 is 0. The molecule has 1 aliphatic heterocycles. The van der Waals surface area contributed by atoms with Crippen molar-refractivity contribution < 1.29 is 27.5 Å². The summed E-state index contributed by atoms with van der Waals surface area (Å²) in [6.07, 6.45) is 2.18. The highest BCUT2D eigenvalue weighted by Crippen LogP contribution is 2.34. The zero-order valence-corrected chi connectivity index (χ0v) is 23.0. The number of anilines is 1. The molecule has 202 valence electrons. The van der Waals surface area contributed by atoms with Crippen LogP contribution in [0.2, 0.25) is 0 Å². The predicted molar refractivity (Wildman–Crippen MR) is 143 cm³/mol. The van der Waals surface area contributed by atoms with Gasteiger partial charge in [-0.15, -0.1) is 0 Å². The van der Waals surface area contributed by atoms with Crippen molar-refractivity contribution in [3.63, 3.8) is 0 Å². The minimum Gasteiger partial charge on any atom is -0.486 e. The van der Waals surface area contributed by atoms with Crippen LogP contribution in [0.5, 0.6) is 11.5 Å². The fourth-order valence-electron chi connectivity index (χ4n) is 4.17. The number of ether oxygens (including phenoxy) is 2. The Morgan fingerprint density at radius 1 is 1.03 bits per heavy atom. The summed E-state index contributed by atoms with van der Waals surface area (Å²) in [5.74, 6) is 0.195. The molecule has 0 spiro atoms. The first-order valence-corrected chi connectivity index (χ1v) is 14.4. The molecule has 2 aromatic rings. The van der Waals surface area contributed by atoms with Gasteiger partial charge < -0.3 is 19.7 Å². The quantitative estimate of drug-likeness (QED) is 0.477. The summed E-state index contributed by atoms with van der Waals surface area (Å²) in [5.41, 5.74) is 2.16. The molecule has 2 atom stereocenters. The summed E-state index contributed by atoms with van der Waals surface area (Å²) in [6.45, 7) is 8.14. The molecule has 1 N–H and O–H groups in total. The lowest BCUT2D eigenvalue weighted by Gasteiger charge is -2.33. The molecule has 2 amide bonds. The van der Waals surface area contributed by atoms with Crippen molar-refractivity contribution >= 4 is 27.5 Å². The third kappa shape index (κ3) is 7.38. The van der Waals surface area contributed by atoms with Crippen LogP contribution in [0.4, 0.5) is 5.69 Å². The largest absolute Gasteiger partial charge is 0.486 e. The number of amides is 2. The molecule has 0 bridgehead atoms. The lowest BCUT2D eigenvalue weighted by atomic mass is 10.1. The molecule has 0 fully saturated rings. The van der Waals surface area contributed by atoms with E-state index in [1.165, 1.54) is 4.90 Å². The molecule has 0 saturated carbocycles. The van der Waals surface area contributed by atoms with Crippen LogP contribution in [0.15, 0.2) is 42.5 Å². The Hall–Kier alpha value is -3.27. The van der Waals surface area contributed by atoms with E-state index in [1.807, 2.05) is 52.0 Å². The third-order valence-corrected chi connectivity index (χ3v) is 7.46. The highest BCUT2D eigenvalue weighted by Gasteiger charge is 2.32. The van der Waals surface area contributed by atoms with Crippen molar-refractivity contribution in [1.29, 1.82) is 0 Å². The van der Waals surface area contributed by atoms with E-state index in [9.17, 15) is 18.0 Å². The van der Waals surface area contributed by atoms with E-state index in [1.54, 1.807) is 18.2 Å². The molecule has 0 radical (unpaired) electrons. The van der Waals surface area contributed by atoms with E-state index >= 15 is 0 Å². The predicted octanol–water partition coefficient (Wildman–Crippen LogP) is 3.25. The van der Waals surface area contributed by atoms with Gasteiger partial charge in [0.05, 0.1) is 11.9 Å². The van der Waals surface area contributed by atoms with E-state index in [0.29, 0.717) is 31.1 Å². The van der Waals surface area contributed by atoms with E-state index < -0.39 is 28.5 Å². The van der Waals surface area contributed by atoms with Crippen molar-refractivity contribution in [3.8, 4) is 11.5 Å². The van der Waals surface area contributed by atoms with E-state index in [0.717, 1.165) is 28.1 Å². The second kappa shape index (κ2) is 12.3. The number of benzene rings is 2. The first kappa shape index (κ1) is 28.3. The molecule has 1 heterocycles. The van der Waals surface area contributed by atoms with Crippen molar-refractivity contribution in [2.24, 2.45) is 0 Å². The molecule has 0 aliphatic carbocycles. The maximum absolute atomic E-state index is 13.8. The van der Waals surface area contributed by atoms with E-state index in [4.69, 9.17) is 9.47 Å². The minimum atomic E-state index is -3.84. The van der Waals surface area contributed by atoms with Gasteiger partial charge in [0.2, 0.25) is 21.8 Å². The van der Waals surface area contributed by atoms with Gasteiger partial charge in [-0.3, -0.25) is 13.9 Å². The number of rotatable bonds is 11. The zero-order valence-electron chi connectivity index (χ0n) is 22.2. The maximum atomic E-state index is 13.8. The molecule has 37 heavy (non-hydrogen) atoms. The van der Waals surface area contributed by atoms with Crippen LogP contribution in [0.25, 0.3) is 0 Å². The Morgan fingerprint density at radius 2 is 1.73 bits per heavy atom. The Balaban J connectivity index is 1.95. The van der Waals surface area contributed by atoms with Crippen molar-refractivity contribution in [2.75, 3.05) is 30.3 Å². The van der Waals surface area contributed by atoms with Crippen LogP contribution in [-0.2, 0) is 26.2 Å². The van der Waals surface area contributed by atoms with Gasteiger partial charge in [-0.25, -0.2) is 8.42 Å². The number of nitrogens with one attached hydrogen (secondary N) is 1. The molecular formula is C27H37N3O6S. The van der Waals surface area contributed by atoms with E-state index in [-0.39, 0.29) is 24.2 Å². The van der Waals surface area contributed by atoms with Gasteiger partial charge in [-0.05, 0) is 44.4 Å². The number of sulfonamides is 1. The highest BCUT2D eigenvalue weighted by atomic mass is 32.2. The molecule has 10 heteroatoms. The molecule has 0 saturated heterocycles. The summed E-state index contributed by atoms with van der Waals surface area (Å²) in [6, 6.07) is 11.6. The highest BCUT2D eigenvalue weighted by molar-refractivity contribution is 7.92. The lowest BCUT2D eigenvalue weighted by Crippen LogP contribution is -2.53. The van der Waals surface area contributed by atoms with Crippen LogP contribution < -0.4 is 19.1 Å². The maximum Gasteiger partial charge on any atom is 0.244 e. The first-order valence-electron chi connectivity index (χ1n) is 12.6. The van der Waals surface area contributed by atoms with Crippen molar-refractivity contribution in [3.05, 3.63) is 53.6 Å². The Bertz CT molecular complexity index is 1220. The Labute approximate surface area is 219 Å². The lowest BCUT2D eigenvalue weighted by molar-refractivity contribution is -0.140. The summed E-state index contributed by atoms with van der Waals surface area (Å²) in [7, 11) is -3.84. The van der Waals surface area contributed by atoms with Gasteiger partial charge >= 0.3 is 0 Å². The molecule has 9 nitrogen and oxygen atoms in total. The van der Waals surface area contributed by atoms with Gasteiger partial charge in [0.15, 0.2) is 11.5 Å². The van der Waals surface area contributed by atoms with Gasteiger partial charge in [-0.2, -0.15) is 0 Å². The van der Waals surface area contributed by atoms with Crippen LogP contribution in [0.1, 0.15) is 44.7 Å². The normalized spacial score (nSPS) is 14.4. The molecule has 1 aliphatic rings. The first-order chi connectivity index (χ1) is 17.5. The SMILES string of the molecule is CCC(C)NC(=O)C(CC)N(Cc1cccc(C)c1)C(=O)CN(c1ccc2c(c1)OCCO2)S(C)(=O)=O. The number of hydrogen-bond donors (Lipinski definition) is 1. The van der Waals surface area contributed by atoms with Crippen LogP contribution in [0, 0.1) is 6.92 Å². The Kier molecular flexibility index (Phi) is 9.42. The minimum absolute atomic E-state index is 0.0531. The van der Waals surface area contributed by atoms with Crippen molar-refractivity contribution in [1.82, 2.24) is 10.2 Å². The second-order valence-corrected chi connectivity index (χ2v) is 11.3. The molecule has 3 rings (SSSR count). The van der Waals surface area contributed by atoms with Crippen molar-refractivity contribution in [2.45, 2.75) is 59.2 Å².